The van der Waals surface area contributed by atoms with E-state index >= 15 is 0 Å². The molecule has 0 radical (unpaired) electrons. The number of hydrogen-bond acceptors (Lipinski definition) is 4. The van der Waals surface area contributed by atoms with Crippen LogP contribution in [0.15, 0.2) is 64.2 Å². The Kier molecular flexibility index (Phi) is 5.01. The Labute approximate surface area is 181 Å². The van der Waals surface area contributed by atoms with E-state index in [0.717, 1.165) is 26.4 Å². The van der Waals surface area contributed by atoms with E-state index in [1.165, 1.54) is 11.1 Å². The summed E-state index contributed by atoms with van der Waals surface area (Å²) in [5.74, 6) is 1.76. The number of ether oxygens (including phenoxy) is 2. The minimum absolute atomic E-state index is 0.158. The van der Waals surface area contributed by atoms with Crippen LogP contribution in [0.2, 0.25) is 0 Å². The van der Waals surface area contributed by atoms with Crippen LogP contribution in [0.4, 0.5) is 0 Å². The number of rotatable bonds is 4. The smallest absolute Gasteiger partial charge is 0.227 e. The average Bonchev–Trinajstić information content (AvgIpc) is 3.27. The summed E-state index contributed by atoms with van der Waals surface area (Å²) in [6.07, 6.45) is 4.65. The first-order valence-electron chi connectivity index (χ1n) is 9.44. The maximum Gasteiger partial charge on any atom is 0.227 e. The van der Waals surface area contributed by atoms with Crippen LogP contribution in [-0.2, 0) is 24.3 Å². The van der Waals surface area contributed by atoms with Crippen molar-refractivity contribution in [1.82, 2.24) is 8.87 Å². The number of amides is 1. The van der Waals surface area contributed by atoms with Crippen molar-refractivity contribution in [2.24, 2.45) is 0 Å². The fourth-order valence-corrected chi connectivity index (χ4v) is 4.97. The van der Waals surface area contributed by atoms with Gasteiger partial charge < -0.3 is 14.4 Å². The zero-order chi connectivity index (χ0) is 19.8. The number of halogens is 1. The predicted octanol–water partition coefficient (Wildman–Crippen LogP) is 4.66. The Morgan fingerprint density at radius 1 is 1.00 bits per heavy atom. The highest BCUT2D eigenvalue weighted by molar-refractivity contribution is 9.10. The van der Waals surface area contributed by atoms with Gasteiger partial charge in [0.15, 0.2) is 11.5 Å². The zero-order valence-corrected chi connectivity index (χ0v) is 18.0. The molecule has 0 spiro atoms. The molecule has 1 amide bonds. The molecule has 1 aromatic heterocycles. The Bertz CT molecular complexity index is 1060. The first kappa shape index (κ1) is 18.6. The molecule has 0 unspecified atom stereocenters. The van der Waals surface area contributed by atoms with Crippen molar-refractivity contribution in [2.45, 2.75) is 24.4 Å². The lowest BCUT2D eigenvalue weighted by atomic mass is 10.1. The second kappa shape index (κ2) is 7.80. The number of benzene rings is 2. The van der Waals surface area contributed by atoms with Crippen LogP contribution in [0.5, 0.6) is 11.5 Å². The Balaban J connectivity index is 1.23. The quantitative estimate of drug-likeness (QED) is 0.555. The highest BCUT2D eigenvalue weighted by Gasteiger charge is 2.25. The van der Waals surface area contributed by atoms with E-state index in [2.05, 4.69) is 32.3 Å². The lowest BCUT2D eigenvalue weighted by Crippen LogP contribution is -2.27. The van der Waals surface area contributed by atoms with E-state index in [4.69, 9.17) is 9.47 Å². The Hall–Kier alpha value is -2.38. The lowest BCUT2D eigenvalue weighted by molar-refractivity contribution is -0.131. The molecule has 0 aliphatic carbocycles. The van der Waals surface area contributed by atoms with Crippen LogP contribution in [0.3, 0.4) is 0 Å². The standard InChI is InChI=1S/C22H19BrN2O3S/c23-18-3-1-2-15(8-18)9-22(26)24-11-16-13-25(14-17(16)12-24)29-19-4-5-20-21(10-19)28-7-6-27-20/h1-5,8,10,13-14H,6-7,9,11-12H2. The van der Waals surface area contributed by atoms with Gasteiger partial charge >= 0.3 is 0 Å². The summed E-state index contributed by atoms with van der Waals surface area (Å²) in [5.41, 5.74) is 3.44. The van der Waals surface area contributed by atoms with Crippen molar-refractivity contribution in [2.75, 3.05) is 13.2 Å². The number of carbonyl (C=O) groups excluding carboxylic acids is 1. The Morgan fingerprint density at radius 2 is 1.76 bits per heavy atom. The minimum Gasteiger partial charge on any atom is -0.486 e. The first-order valence-corrected chi connectivity index (χ1v) is 11.0. The molecule has 0 atom stereocenters. The molecule has 29 heavy (non-hydrogen) atoms. The third kappa shape index (κ3) is 4.02. The SMILES string of the molecule is O=C(Cc1cccc(Br)c1)N1Cc2cn(Sc3ccc4c(c3)OCCO4)cc2C1. The van der Waals surface area contributed by atoms with Gasteiger partial charge in [-0.2, -0.15) is 0 Å². The number of aromatic nitrogens is 1. The summed E-state index contributed by atoms with van der Waals surface area (Å²) in [6.45, 7) is 2.51. The van der Waals surface area contributed by atoms with Gasteiger partial charge in [-0.25, -0.2) is 0 Å². The lowest BCUT2D eigenvalue weighted by Gasteiger charge is -2.19. The van der Waals surface area contributed by atoms with Crippen molar-refractivity contribution in [3.05, 3.63) is 76.0 Å². The largest absolute Gasteiger partial charge is 0.486 e. The van der Waals surface area contributed by atoms with Gasteiger partial charge in [0.2, 0.25) is 5.91 Å². The maximum atomic E-state index is 12.7. The van der Waals surface area contributed by atoms with E-state index in [9.17, 15) is 4.79 Å². The summed E-state index contributed by atoms with van der Waals surface area (Å²) >= 11 is 5.09. The van der Waals surface area contributed by atoms with Crippen LogP contribution in [0.1, 0.15) is 16.7 Å². The van der Waals surface area contributed by atoms with Crippen molar-refractivity contribution >= 4 is 33.8 Å². The molecule has 7 heteroatoms. The van der Waals surface area contributed by atoms with Crippen LogP contribution in [0.25, 0.3) is 0 Å². The van der Waals surface area contributed by atoms with Crippen LogP contribution < -0.4 is 9.47 Å². The van der Waals surface area contributed by atoms with Gasteiger partial charge in [0, 0.05) is 34.9 Å². The van der Waals surface area contributed by atoms with Gasteiger partial charge in [0.1, 0.15) is 13.2 Å². The number of hydrogen-bond donors (Lipinski definition) is 0. The molecule has 148 valence electrons. The molecule has 2 aromatic carbocycles. The average molecular weight is 471 g/mol. The van der Waals surface area contributed by atoms with E-state index in [1.54, 1.807) is 11.9 Å². The van der Waals surface area contributed by atoms with Crippen LogP contribution in [0, 0.1) is 0 Å². The second-order valence-electron chi connectivity index (χ2n) is 7.12. The van der Waals surface area contributed by atoms with Gasteiger partial charge in [-0.3, -0.25) is 8.77 Å². The summed E-state index contributed by atoms with van der Waals surface area (Å²) in [6, 6.07) is 13.9. The molecule has 0 saturated heterocycles. The summed E-state index contributed by atoms with van der Waals surface area (Å²) < 4.78 is 14.3. The van der Waals surface area contributed by atoms with Gasteiger partial charge in [0.05, 0.1) is 6.42 Å². The molecular formula is C22H19BrN2O3S. The van der Waals surface area contributed by atoms with Gasteiger partial charge in [-0.1, -0.05) is 28.1 Å². The maximum absolute atomic E-state index is 12.7. The monoisotopic (exact) mass is 470 g/mol. The van der Waals surface area contributed by atoms with E-state index < -0.39 is 0 Å². The number of carbonyl (C=O) groups is 1. The van der Waals surface area contributed by atoms with Crippen molar-refractivity contribution in [3.63, 3.8) is 0 Å². The minimum atomic E-state index is 0.158. The summed E-state index contributed by atoms with van der Waals surface area (Å²) in [5, 5.41) is 0. The normalized spacial score (nSPS) is 14.7. The molecule has 2 aliphatic rings. The molecular weight excluding hydrogens is 452 g/mol. The van der Waals surface area contributed by atoms with Crippen LogP contribution >= 0.6 is 27.9 Å². The topological polar surface area (TPSA) is 43.7 Å². The molecule has 5 nitrogen and oxygen atoms in total. The number of fused-ring (bicyclic) bond motifs is 2. The van der Waals surface area contributed by atoms with Gasteiger partial charge in [-0.15, -0.1) is 0 Å². The van der Waals surface area contributed by atoms with Crippen molar-refractivity contribution < 1.29 is 14.3 Å². The molecule has 0 saturated carbocycles. The molecule has 2 aliphatic heterocycles. The molecule has 0 bridgehead atoms. The summed E-state index contributed by atoms with van der Waals surface area (Å²) in [7, 11) is 0. The highest BCUT2D eigenvalue weighted by Crippen LogP contribution is 2.36. The molecule has 0 fully saturated rings. The third-order valence-corrected chi connectivity index (χ3v) is 6.40. The fourth-order valence-electron chi connectivity index (χ4n) is 3.63. The van der Waals surface area contributed by atoms with Crippen molar-refractivity contribution in [1.29, 1.82) is 0 Å². The highest BCUT2D eigenvalue weighted by atomic mass is 79.9. The molecule has 5 rings (SSSR count). The van der Waals surface area contributed by atoms with E-state index in [0.29, 0.717) is 32.7 Å². The number of nitrogens with zero attached hydrogens (tertiary/aromatic N) is 2. The molecule has 3 heterocycles. The van der Waals surface area contributed by atoms with Gasteiger partial charge in [-0.05, 0) is 59.0 Å². The van der Waals surface area contributed by atoms with Gasteiger partial charge in [0.25, 0.3) is 0 Å². The zero-order valence-electron chi connectivity index (χ0n) is 15.6. The molecule has 3 aromatic rings. The predicted molar refractivity (Wildman–Crippen MR) is 115 cm³/mol. The fraction of sp³-hybridized carbons (Fsp3) is 0.227. The van der Waals surface area contributed by atoms with Crippen molar-refractivity contribution in [3.8, 4) is 11.5 Å². The van der Waals surface area contributed by atoms with E-state index in [1.807, 2.05) is 47.4 Å². The Morgan fingerprint density at radius 3 is 2.52 bits per heavy atom. The molecule has 0 N–H and O–H groups in total. The third-order valence-electron chi connectivity index (χ3n) is 5.02. The van der Waals surface area contributed by atoms with E-state index in [-0.39, 0.29) is 5.91 Å². The second-order valence-corrected chi connectivity index (χ2v) is 9.11. The summed E-state index contributed by atoms with van der Waals surface area (Å²) in [4.78, 5) is 15.7. The van der Waals surface area contributed by atoms with Crippen LogP contribution in [-0.4, -0.2) is 28.0 Å². The first-order chi connectivity index (χ1) is 14.1.